The summed E-state index contributed by atoms with van der Waals surface area (Å²) in [6, 6.07) is 4.46. The topological polar surface area (TPSA) is 124 Å². The molecule has 100 valence electrons. The lowest BCUT2D eigenvalue weighted by Gasteiger charge is -2.07. The molecule has 8 nitrogen and oxygen atoms in total. The van der Waals surface area contributed by atoms with E-state index in [0.717, 1.165) is 0 Å². The number of carbonyl (C=O) groups is 1. The fourth-order valence-corrected chi connectivity index (χ4v) is 1.62. The zero-order chi connectivity index (χ0) is 13.8. The van der Waals surface area contributed by atoms with E-state index in [1.54, 1.807) is 0 Å². The van der Waals surface area contributed by atoms with E-state index in [0.29, 0.717) is 0 Å². The zero-order valence-corrected chi connectivity index (χ0v) is 9.73. The normalized spacial score (nSPS) is 10.4. The number of aliphatic hydroxyl groups is 1. The summed E-state index contributed by atoms with van der Waals surface area (Å²) in [5, 5.41) is 15.5. The molecule has 1 heterocycles. The van der Waals surface area contributed by atoms with Crippen molar-refractivity contribution in [2.45, 2.75) is 0 Å². The van der Waals surface area contributed by atoms with Crippen molar-refractivity contribution >= 4 is 22.6 Å². The number of hydrogen-bond acceptors (Lipinski definition) is 5. The molecule has 2 rings (SSSR count). The number of ether oxygens (including phenoxy) is 1. The number of anilines is 1. The first-order chi connectivity index (χ1) is 9.13. The number of fused-ring (bicyclic) bond motifs is 1. The van der Waals surface area contributed by atoms with Gasteiger partial charge < -0.3 is 9.84 Å². The average Bonchev–Trinajstić information content (AvgIpc) is 2.41. The van der Waals surface area contributed by atoms with Gasteiger partial charge in [0.1, 0.15) is 6.61 Å². The second kappa shape index (κ2) is 5.36. The molecular weight excluding hydrogens is 254 g/mol. The van der Waals surface area contributed by atoms with E-state index < -0.39 is 17.2 Å². The van der Waals surface area contributed by atoms with Crippen LogP contribution in [0.1, 0.15) is 0 Å². The number of carbonyl (C=O) groups excluding carboxylic acids is 1. The molecule has 0 fully saturated rings. The lowest BCUT2D eigenvalue weighted by molar-refractivity contribution is 0.131. The first-order valence-corrected chi connectivity index (χ1v) is 5.42. The molecule has 0 radical (unpaired) electrons. The van der Waals surface area contributed by atoms with Crippen molar-refractivity contribution in [3.63, 3.8) is 0 Å². The Morgan fingerprint density at radius 2 is 2.00 bits per heavy atom. The van der Waals surface area contributed by atoms with Crippen molar-refractivity contribution in [3.05, 3.63) is 38.9 Å². The molecule has 0 unspecified atom stereocenters. The molecule has 0 spiro atoms. The summed E-state index contributed by atoms with van der Waals surface area (Å²) in [7, 11) is 0. The van der Waals surface area contributed by atoms with Gasteiger partial charge in [-0.05, 0) is 12.1 Å². The van der Waals surface area contributed by atoms with E-state index in [4.69, 9.17) is 5.11 Å². The minimum atomic E-state index is -0.818. The lowest BCUT2D eigenvalue weighted by atomic mass is 10.1. The molecule has 0 aliphatic carbocycles. The van der Waals surface area contributed by atoms with E-state index in [9.17, 15) is 14.4 Å². The maximum absolute atomic E-state index is 11.7. The number of aromatic nitrogens is 2. The largest absolute Gasteiger partial charge is 0.447 e. The number of benzene rings is 1. The molecule has 2 aromatic rings. The summed E-state index contributed by atoms with van der Waals surface area (Å²) in [6.07, 6.45) is -0.818. The molecule has 0 aliphatic heterocycles. The smallest absolute Gasteiger partial charge is 0.411 e. The Morgan fingerprint density at radius 3 is 2.74 bits per heavy atom. The van der Waals surface area contributed by atoms with E-state index in [1.807, 2.05) is 0 Å². The maximum Gasteiger partial charge on any atom is 0.411 e. The summed E-state index contributed by atoms with van der Waals surface area (Å²) in [4.78, 5) is 34.6. The van der Waals surface area contributed by atoms with Crippen LogP contribution in [0, 0.1) is 0 Å². The van der Waals surface area contributed by atoms with Crippen LogP contribution in [0.3, 0.4) is 0 Å². The van der Waals surface area contributed by atoms with Crippen molar-refractivity contribution in [3.8, 4) is 0 Å². The van der Waals surface area contributed by atoms with Crippen LogP contribution in [0.5, 0.6) is 0 Å². The van der Waals surface area contributed by atoms with Crippen LogP contribution in [0.15, 0.2) is 27.8 Å². The number of hydrogen-bond donors (Lipinski definition) is 4. The number of nitrogens with one attached hydrogen (secondary N) is 3. The molecule has 0 saturated carbocycles. The molecule has 4 N–H and O–H groups in total. The number of amides is 1. The predicted octanol–water partition coefficient (Wildman–Crippen LogP) is -0.243. The fraction of sp³-hybridized carbons (Fsp3) is 0.182. The molecule has 19 heavy (non-hydrogen) atoms. The van der Waals surface area contributed by atoms with Gasteiger partial charge in [0.2, 0.25) is 0 Å². The predicted molar refractivity (Wildman–Crippen MR) is 67.2 cm³/mol. The fourth-order valence-electron chi connectivity index (χ4n) is 1.62. The number of H-pyrrole nitrogens is 2. The Labute approximate surface area is 106 Å². The third-order valence-electron chi connectivity index (χ3n) is 2.39. The van der Waals surface area contributed by atoms with E-state index in [-0.39, 0.29) is 29.7 Å². The van der Waals surface area contributed by atoms with Crippen LogP contribution in [0.2, 0.25) is 0 Å². The number of aliphatic hydroxyl groups excluding tert-OH is 1. The molecule has 0 atom stereocenters. The molecule has 1 amide bonds. The van der Waals surface area contributed by atoms with Crippen LogP contribution in [0.4, 0.5) is 10.5 Å². The monoisotopic (exact) mass is 265 g/mol. The quantitative estimate of drug-likeness (QED) is 0.609. The highest BCUT2D eigenvalue weighted by atomic mass is 16.6. The van der Waals surface area contributed by atoms with Gasteiger partial charge in [-0.25, -0.2) is 4.79 Å². The molecule has 8 heteroatoms. The van der Waals surface area contributed by atoms with Crippen molar-refractivity contribution in [2.24, 2.45) is 0 Å². The van der Waals surface area contributed by atoms with Crippen LogP contribution < -0.4 is 16.4 Å². The SMILES string of the molecule is O=C(Nc1cccc2c(=O)[nH][nH]c(=O)c12)OCCO. The van der Waals surface area contributed by atoms with E-state index in [1.165, 1.54) is 18.2 Å². The molecule has 0 saturated heterocycles. The van der Waals surface area contributed by atoms with Crippen LogP contribution in [-0.2, 0) is 4.74 Å². The van der Waals surface area contributed by atoms with E-state index in [2.05, 4.69) is 20.3 Å². The van der Waals surface area contributed by atoms with Crippen LogP contribution in [0.25, 0.3) is 10.8 Å². The standard InChI is InChI=1S/C11H11N3O5/c15-4-5-19-11(18)12-7-3-1-2-6-8(7)10(17)14-13-9(6)16/h1-3,15H,4-5H2,(H,12,18)(H,13,16)(H,14,17). The Kier molecular flexibility index (Phi) is 3.62. The summed E-state index contributed by atoms with van der Waals surface area (Å²) >= 11 is 0. The highest BCUT2D eigenvalue weighted by Gasteiger charge is 2.11. The summed E-state index contributed by atoms with van der Waals surface area (Å²) < 4.78 is 4.62. The minimum Gasteiger partial charge on any atom is -0.447 e. The van der Waals surface area contributed by atoms with Gasteiger partial charge in [0.05, 0.1) is 23.1 Å². The van der Waals surface area contributed by atoms with Crippen LogP contribution >= 0.6 is 0 Å². The summed E-state index contributed by atoms with van der Waals surface area (Å²) in [6.45, 7) is -0.462. The Hall–Kier alpha value is -2.61. The second-order valence-corrected chi connectivity index (χ2v) is 3.62. The number of rotatable bonds is 3. The first-order valence-electron chi connectivity index (χ1n) is 5.42. The first kappa shape index (κ1) is 12.8. The van der Waals surface area contributed by atoms with Gasteiger partial charge in [0.15, 0.2) is 0 Å². The van der Waals surface area contributed by atoms with Gasteiger partial charge in [-0.15, -0.1) is 0 Å². The zero-order valence-electron chi connectivity index (χ0n) is 9.73. The summed E-state index contributed by atoms with van der Waals surface area (Å²) in [5.41, 5.74) is -0.845. The van der Waals surface area contributed by atoms with Gasteiger partial charge in [-0.2, -0.15) is 0 Å². The molecule has 1 aromatic carbocycles. The van der Waals surface area contributed by atoms with E-state index >= 15 is 0 Å². The third kappa shape index (κ3) is 2.63. The van der Waals surface area contributed by atoms with Gasteiger partial charge in [0, 0.05) is 0 Å². The van der Waals surface area contributed by atoms with Crippen LogP contribution in [-0.4, -0.2) is 34.6 Å². The Bertz CT molecular complexity index is 718. The molecule has 0 aliphatic rings. The van der Waals surface area contributed by atoms with Gasteiger partial charge in [-0.1, -0.05) is 6.07 Å². The number of aromatic amines is 2. The lowest BCUT2D eigenvalue weighted by Crippen LogP contribution is -2.22. The van der Waals surface area contributed by atoms with Gasteiger partial charge in [-0.3, -0.25) is 25.1 Å². The Morgan fingerprint density at radius 1 is 1.26 bits per heavy atom. The van der Waals surface area contributed by atoms with Crippen molar-refractivity contribution < 1.29 is 14.6 Å². The average molecular weight is 265 g/mol. The van der Waals surface area contributed by atoms with Crippen molar-refractivity contribution in [1.82, 2.24) is 10.2 Å². The van der Waals surface area contributed by atoms with Crippen molar-refractivity contribution in [2.75, 3.05) is 18.5 Å². The second-order valence-electron chi connectivity index (χ2n) is 3.62. The highest BCUT2D eigenvalue weighted by Crippen LogP contribution is 2.16. The highest BCUT2D eigenvalue weighted by molar-refractivity contribution is 5.99. The molecule has 0 bridgehead atoms. The maximum atomic E-state index is 11.7. The summed E-state index contributed by atoms with van der Waals surface area (Å²) in [5.74, 6) is 0. The third-order valence-corrected chi connectivity index (χ3v) is 2.39. The van der Waals surface area contributed by atoms with Gasteiger partial charge in [0.25, 0.3) is 11.1 Å². The molecule has 1 aromatic heterocycles. The minimum absolute atomic E-state index is 0.0622. The van der Waals surface area contributed by atoms with Gasteiger partial charge >= 0.3 is 6.09 Å². The molecular formula is C11H11N3O5. The Balaban J connectivity index is 2.44. The van der Waals surface area contributed by atoms with Crippen molar-refractivity contribution in [1.29, 1.82) is 0 Å².